The summed E-state index contributed by atoms with van der Waals surface area (Å²) in [6, 6.07) is 27.7. The molecule has 4 aromatic rings. The molecule has 0 amide bonds. The molecule has 5 nitrogen and oxygen atoms in total. The maximum absolute atomic E-state index is 12.0. The maximum Gasteiger partial charge on any atom is 0.260 e. The largest absolute Gasteiger partial charge is 0.482 e. The Hall–Kier alpha value is -3.99. The van der Waals surface area contributed by atoms with Crippen molar-refractivity contribution in [3.63, 3.8) is 0 Å². The fraction of sp³-hybridized carbons (Fsp3) is 0.233. The molecular weight excluding hydrogens is 436 g/mol. The monoisotopic (exact) mass is 468 g/mol. The van der Waals surface area contributed by atoms with Crippen molar-refractivity contribution in [3.8, 4) is 11.6 Å². The Labute approximate surface area is 207 Å². The Kier molecular flexibility index (Phi) is 10.00. The number of carbonyl (C=O) groups excluding carboxylic acids is 1. The van der Waals surface area contributed by atoms with Gasteiger partial charge in [-0.25, -0.2) is 4.98 Å². The first-order valence-electron chi connectivity index (χ1n) is 11.9. The lowest BCUT2D eigenvalue weighted by atomic mass is 9.94. The number of aromatic nitrogens is 2. The molecule has 0 radical (unpaired) electrons. The fourth-order valence-corrected chi connectivity index (χ4v) is 3.51. The van der Waals surface area contributed by atoms with Gasteiger partial charge in [0.15, 0.2) is 0 Å². The zero-order valence-electron chi connectivity index (χ0n) is 20.6. The quantitative estimate of drug-likeness (QED) is 0.249. The molecule has 4 rings (SSSR count). The summed E-state index contributed by atoms with van der Waals surface area (Å²) in [5, 5.41) is 0. The van der Waals surface area contributed by atoms with E-state index in [1.54, 1.807) is 0 Å². The van der Waals surface area contributed by atoms with Gasteiger partial charge in [0, 0.05) is 12.3 Å². The van der Waals surface area contributed by atoms with Gasteiger partial charge in [0.25, 0.3) is 5.88 Å². The summed E-state index contributed by atoms with van der Waals surface area (Å²) in [7, 11) is 0. The van der Waals surface area contributed by atoms with E-state index in [4.69, 9.17) is 9.47 Å². The van der Waals surface area contributed by atoms with Crippen molar-refractivity contribution < 1.29 is 14.3 Å². The van der Waals surface area contributed by atoms with E-state index in [-0.39, 0.29) is 5.92 Å². The third-order valence-electron chi connectivity index (χ3n) is 5.37. The van der Waals surface area contributed by atoms with Crippen LogP contribution in [0.1, 0.15) is 47.7 Å². The van der Waals surface area contributed by atoms with Crippen molar-refractivity contribution in [2.24, 2.45) is 0 Å². The number of ether oxygens (including phenoxy) is 2. The van der Waals surface area contributed by atoms with Gasteiger partial charge in [-0.2, -0.15) is 4.98 Å². The smallest absolute Gasteiger partial charge is 0.260 e. The standard InChI is InChI=1S/C28H26N2O3.C2H6/c1-21-12-14-24(15-13-21)25(17-31)16-26-27(32-18-22-8-4-2-5-9-22)28(30-20-29-26)33-19-23-10-6-3-7-11-23;1-2/h2-15,17,20,25H,16,18-19H2,1H3;1-2H3. The predicted octanol–water partition coefficient (Wildman–Crippen LogP) is 6.49. The van der Waals surface area contributed by atoms with Crippen LogP contribution in [0.15, 0.2) is 91.3 Å². The SMILES string of the molecule is CC.Cc1ccc(C(C=O)Cc2ncnc(OCc3ccccc3)c2OCc2ccccc2)cc1. The van der Waals surface area contributed by atoms with E-state index >= 15 is 0 Å². The van der Waals surface area contributed by atoms with Gasteiger partial charge in [0.2, 0.25) is 5.75 Å². The molecule has 3 aromatic carbocycles. The highest BCUT2D eigenvalue weighted by molar-refractivity contribution is 5.63. The van der Waals surface area contributed by atoms with Gasteiger partial charge in [-0.15, -0.1) is 0 Å². The molecule has 0 N–H and O–H groups in total. The van der Waals surface area contributed by atoms with E-state index < -0.39 is 0 Å². The van der Waals surface area contributed by atoms with Gasteiger partial charge in [0.1, 0.15) is 25.8 Å². The second-order valence-electron chi connectivity index (χ2n) is 7.86. The minimum atomic E-state index is -0.346. The average Bonchev–Trinajstić information content (AvgIpc) is 2.92. The number of hydrogen-bond donors (Lipinski definition) is 0. The minimum absolute atomic E-state index is 0.346. The number of carbonyl (C=O) groups is 1. The van der Waals surface area contributed by atoms with Crippen molar-refractivity contribution in [2.45, 2.75) is 46.3 Å². The summed E-state index contributed by atoms with van der Waals surface area (Å²) in [6.45, 7) is 6.73. The molecule has 35 heavy (non-hydrogen) atoms. The van der Waals surface area contributed by atoms with Crippen molar-refractivity contribution in [2.75, 3.05) is 0 Å². The van der Waals surface area contributed by atoms with Crippen LogP contribution in [0.5, 0.6) is 11.6 Å². The zero-order chi connectivity index (χ0) is 24.9. The topological polar surface area (TPSA) is 61.3 Å². The molecule has 0 aliphatic carbocycles. The number of benzene rings is 3. The third-order valence-corrected chi connectivity index (χ3v) is 5.37. The highest BCUT2D eigenvalue weighted by atomic mass is 16.5. The van der Waals surface area contributed by atoms with Crippen LogP contribution in [0, 0.1) is 6.92 Å². The van der Waals surface area contributed by atoms with E-state index in [2.05, 4.69) is 9.97 Å². The predicted molar refractivity (Wildman–Crippen MR) is 139 cm³/mol. The maximum atomic E-state index is 12.0. The van der Waals surface area contributed by atoms with Crippen LogP contribution in [0.2, 0.25) is 0 Å². The Bertz CT molecular complexity index is 1160. The Morgan fingerprint density at radius 1 is 0.771 bits per heavy atom. The molecule has 1 aromatic heterocycles. The molecule has 1 unspecified atom stereocenters. The van der Waals surface area contributed by atoms with Crippen LogP contribution in [0.3, 0.4) is 0 Å². The molecule has 0 saturated carbocycles. The molecule has 0 bridgehead atoms. The highest BCUT2D eigenvalue weighted by Gasteiger charge is 2.20. The zero-order valence-corrected chi connectivity index (χ0v) is 20.6. The number of hydrogen-bond acceptors (Lipinski definition) is 5. The Morgan fingerprint density at radius 2 is 1.34 bits per heavy atom. The molecule has 0 aliphatic heterocycles. The molecule has 0 spiro atoms. The van der Waals surface area contributed by atoms with E-state index in [1.807, 2.05) is 106 Å². The van der Waals surface area contributed by atoms with Crippen molar-refractivity contribution in [3.05, 3.63) is 119 Å². The van der Waals surface area contributed by atoms with E-state index in [9.17, 15) is 4.79 Å². The molecule has 0 fully saturated rings. The van der Waals surface area contributed by atoms with Gasteiger partial charge in [-0.05, 0) is 23.6 Å². The summed E-state index contributed by atoms with van der Waals surface area (Å²) >= 11 is 0. The number of aldehydes is 1. The molecule has 1 heterocycles. The first-order valence-corrected chi connectivity index (χ1v) is 11.9. The lowest BCUT2D eigenvalue weighted by molar-refractivity contribution is -0.109. The van der Waals surface area contributed by atoms with Gasteiger partial charge in [-0.1, -0.05) is 104 Å². The van der Waals surface area contributed by atoms with Crippen LogP contribution in [-0.4, -0.2) is 16.3 Å². The lowest BCUT2D eigenvalue weighted by Crippen LogP contribution is -2.10. The normalized spacial score (nSPS) is 11.1. The van der Waals surface area contributed by atoms with Gasteiger partial charge in [0.05, 0.1) is 5.69 Å². The first kappa shape index (κ1) is 25.6. The molecule has 1 atom stereocenters. The second kappa shape index (κ2) is 13.7. The summed E-state index contributed by atoms with van der Waals surface area (Å²) in [6.07, 6.45) is 2.81. The van der Waals surface area contributed by atoms with E-state index in [0.29, 0.717) is 37.0 Å². The summed E-state index contributed by atoms with van der Waals surface area (Å²) in [5.74, 6) is 0.492. The van der Waals surface area contributed by atoms with Crippen molar-refractivity contribution in [1.29, 1.82) is 0 Å². The van der Waals surface area contributed by atoms with Crippen LogP contribution in [0.4, 0.5) is 0 Å². The van der Waals surface area contributed by atoms with Crippen LogP contribution < -0.4 is 9.47 Å². The number of aryl methyl sites for hydroxylation is 1. The average molecular weight is 469 g/mol. The van der Waals surface area contributed by atoms with Crippen molar-refractivity contribution in [1.82, 2.24) is 9.97 Å². The van der Waals surface area contributed by atoms with Crippen LogP contribution in [-0.2, 0) is 24.4 Å². The molecule has 180 valence electrons. The number of rotatable bonds is 10. The lowest BCUT2D eigenvalue weighted by Gasteiger charge is -2.17. The summed E-state index contributed by atoms with van der Waals surface area (Å²) in [4.78, 5) is 20.8. The van der Waals surface area contributed by atoms with E-state index in [0.717, 1.165) is 28.5 Å². The van der Waals surface area contributed by atoms with Gasteiger partial charge in [-0.3, -0.25) is 0 Å². The molecule has 5 heteroatoms. The fourth-order valence-electron chi connectivity index (χ4n) is 3.51. The van der Waals surface area contributed by atoms with Gasteiger partial charge < -0.3 is 14.3 Å². The number of nitrogens with zero attached hydrogens (tertiary/aromatic N) is 2. The third kappa shape index (κ3) is 7.51. The highest BCUT2D eigenvalue weighted by Crippen LogP contribution is 2.32. The second-order valence-corrected chi connectivity index (χ2v) is 7.86. The van der Waals surface area contributed by atoms with Crippen LogP contribution in [0.25, 0.3) is 0 Å². The first-order chi connectivity index (χ1) is 17.2. The summed E-state index contributed by atoms with van der Waals surface area (Å²) < 4.78 is 12.2. The van der Waals surface area contributed by atoms with Gasteiger partial charge >= 0.3 is 0 Å². The molecule has 0 aliphatic rings. The van der Waals surface area contributed by atoms with Crippen molar-refractivity contribution >= 4 is 6.29 Å². The summed E-state index contributed by atoms with van der Waals surface area (Å²) in [5.41, 5.74) is 4.77. The van der Waals surface area contributed by atoms with Crippen LogP contribution >= 0.6 is 0 Å². The molecular formula is C30H32N2O3. The van der Waals surface area contributed by atoms with E-state index in [1.165, 1.54) is 6.33 Å². The Balaban J connectivity index is 0.00000167. The molecule has 0 saturated heterocycles. The minimum Gasteiger partial charge on any atom is -0.482 e. The Morgan fingerprint density at radius 3 is 1.91 bits per heavy atom.